The standard InChI is InChI=1S/C14H20N2O2/c1-3-14(4-2)6-8-16(10-14)13(18)11-5-7-15-12(17)9-11/h5,7,9H,3-4,6,8,10H2,1-2H3,(H,15,17). The lowest BCUT2D eigenvalue weighted by Gasteiger charge is -2.26. The Bertz CT molecular complexity index is 489. The van der Waals surface area contributed by atoms with E-state index in [2.05, 4.69) is 18.8 Å². The van der Waals surface area contributed by atoms with Crippen molar-refractivity contribution in [1.82, 2.24) is 9.88 Å². The van der Waals surface area contributed by atoms with Crippen LogP contribution in [0.15, 0.2) is 23.1 Å². The Labute approximate surface area is 107 Å². The third-order valence-electron chi connectivity index (χ3n) is 4.25. The fourth-order valence-electron chi connectivity index (χ4n) is 2.70. The minimum Gasteiger partial charge on any atom is -0.338 e. The van der Waals surface area contributed by atoms with E-state index in [0.717, 1.165) is 32.4 Å². The van der Waals surface area contributed by atoms with Gasteiger partial charge in [0.2, 0.25) is 5.56 Å². The number of nitrogens with zero attached hydrogens (tertiary/aromatic N) is 1. The summed E-state index contributed by atoms with van der Waals surface area (Å²) in [5.74, 6) is -0.0233. The van der Waals surface area contributed by atoms with Crippen LogP contribution < -0.4 is 5.56 Å². The molecule has 2 rings (SSSR count). The van der Waals surface area contributed by atoms with Crippen LogP contribution in [-0.4, -0.2) is 28.9 Å². The van der Waals surface area contributed by atoms with Crippen molar-refractivity contribution in [3.05, 3.63) is 34.2 Å². The van der Waals surface area contributed by atoms with Gasteiger partial charge in [-0.3, -0.25) is 9.59 Å². The molecule has 98 valence electrons. The van der Waals surface area contributed by atoms with Crippen LogP contribution in [0.4, 0.5) is 0 Å². The van der Waals surface area contributed by atoms with Crippen molar-refractivity contribution in [2.75, 3.05) is 13.1 Å². The van der Waals surface area contributed by atoms with Crippen LogP contribution >= 0.6 is 0 Å². The lowest BCUT2D eigenvalue weighted by Crippen LogP contribution is -2.32. The molecule has 1 amide bonds. The number of likely N-dealkylation sites (tertiary alicyclic amines) is 1. The summed E-state index contributed by atoms with van der Waals surface area (Å²) in [6, 6.07) is 3.04. The maximum absolute atomic E-state index is 12.3. The van der Waals surface area contributed by atoms with Gasteiger partial charge in [0.25, 0.3) is 5.91 Å². The Morgan fingerprint density at radius 1 is 1.44 bits per heavy atom. The van der Waals surface area contributed by atoms with Crippen molar-refractivity contribution in [2.24, 2.45) is 5.41 Å². The molecular weight excluding hydrogens is 228 g/mol. The molecule has 1 aliphatic heterocycles. The number of aromatic amines is 1. The van der Waals surface area contributed by atoms with E-state index in [1.807, 2.05) is 4.90 Å². The van der Waals surface area contributed by atoms with Gasteiger partial charge < -0.3 is 9.88 Å². The number of hydrogen-bond acceptors (Lipinski definition) is 2. The van der Waals surface area contributed by atoms with Crippen molar-refractivity contribution in [1.29, 1.82) is 0 Å². The van der Waals surface area contributed by atoms with Gasteiger partial charge >= 0.3 is 0 Å². The number of pyridine rings is 1. The SMILES string of the molecule is CCC1(CC)CCN(C(=O)c2cc[nH]c(=O)c2)C1. The van der Waals surface area contributed by atoms with Crippen molar-refractivity contribution < 1.29 is 4.79 Å². The lowest BCUT2D eigenvalue weighted by atomic mass is 9.82. The minimum absolute atomic E-state index is 0.0233. The van der Waals surface area contributed by atoms with E-state index >= 15 is 0 Å². The predicted molar refractivity (Wildman–Crippen MR) is 70.6 cm³/mol. The van der Waals surface area contributed by atoms with Crippen LogP contribution in [0.2, 0.25) is 0 Å². The molecule has 0 aliphatic carbocycles. The molecule has 4 nitrogen and oxygen atoms in total. The van der Waals surface area contributed by atoms with E-state index in [9.17, 15) is 9.59 Å². The number of rotatable bonds is 3. The van der Waals surface area contributed by atoms with E-state index in [1.165, 1.54) is 12.3 Å². The summed E-state index contributed by atoms with van der Waals surface area (Å²) in [6.45, 7) is 5.98. The molecule has 4 heteroatoms. The van der Waals surface area contributed by atoms with Crippen molar-refractivity contribution >= 4 is 5.91 Å². The molecule has 0 aromatic carbocycles. The van der Waals surface area contributed by atoms with Crippen LogP contribution in [0.3, 0.4) is 0 Å². The zero-order valence-corrected chi connectivity index (χ0v) is 11.0. The quantitative estimate of drug-likeness (QED) is 0.889. The molecule has 1 aromatic heterocycles. The Morgan fingerprint density at radius 2 is 2.17 bits per heavy atom. The number of amides is 1. The molecule has 1 N–H and O–H groups in total. The molecule has 1 aromatic rings. The molecule has 0 bridgehead atoms. The third-order valence-corrected chi connectivity index (χ3v) is 4.25. The molecule has 0 saturated carbocycles. The molecular formula is C14H20N2O2. The number of aromatic nitrogens is 1. The van der Waals surface area contributed by atoms with Crippen molar-refractivity contribution in [3.63, 3.8) is 0 Å². The summed E-state index contributed by atoms with van der Waals surface area (Å²) in [6.07, 6.45) is 4.79. The normalized spacial score (nSPS) is 18.0. The highest BCUT2D eigenvalue weighted by molar-refractivity contribution is 5.94. The molecule has 0 spiro atoms. The highest BCUT2D eigenvalue weighted by atomic mass is 16.2. The molecule has 1 saturated heterocycles. The Morgan fingerprint density at radius 3 is 2.72 bits per heavy atom. The van der Waals surface area contributed by atoms with Gasteiger partial charge in [-0.2, -0.15) is 0 Å². The molecule has 1 aliphatic rings. The van der Waals surface area contributed by atoms with E-state index < -0.39 is 0 Å². The minimum atomic E-state index is -0.225. The van der Waals surface area contributed by atoms with Gasteiger partial charge in [0, 0.05) is 30.9 Å². The second-order valence-corrected chi connectivity index (χ2v) is 5.13. The summed E-state index contributed by atoms with van der Waals surface area (Å²) in [4.78, 5) is 27.9. The molecule has 2 heterocycles. The van der Waals surface area contributed by atoms with Gasteiger partial charge in [-0.15, -0.1) is 0 Å². The first kappa shape index (κ1) is 12.9. The fourth-order valence-corrected chi connectivity index (χ4v) is 2.70. The Balaban J connectivity index is 2.15. The molecule has 0 unspecified atom stereocenters. The maximum Gasteiger partial charge on any atom is 0.254 e. The third kappa shape index (κ3) is 2.33. The van der Waals surface area contributed by atoms with Gasteiger partial charge in [0.15, 0.2) is 0 Å². The fraction of sp³-hybridized carbons (Fsp3) is 0.571. The Hall–Kier alpha value is -1.58. The van der Waals surface area contributed by atoms with Crippen molar-refractivity contribution in [3.8, 4) is 0 Å². The predicted octanol–water partition coefficient (Wildman–Crippen LogP) is 2.03. The first-order valence-corrected chi connectivity index (χ1v) is 6.58. The highest BCUT2D eigenvalue weighted by Gasteiger charge is 2.37. The summed E-state index contributed by atoms with van der Waals surface area (Å²) >= 11 is 0. The van der Waals surface area contributed by atoms with E-state index in [1.54, 1.807) is 6.07 Å². The van der Waals surface area contributed by atoms with Crippen LogP contribution in [-0.2, 0) is 0 Å². The number of hydrogen-bond donors (Lipinski definition) is 1. The maximum atomic E-state index is 12.3. The van der Waals surface area contributed by atoms with Gasteiger partial charge in [0.05, 0.1) is 0 Å². The summed E-state index contributed by atoms with van der Waals surface area (Å²) in [5.41, 5.74) is 0.538. The lowest BCUT2D eigenvalue weighted by molar-refractivity contribution is 0.0769. The highest BCUT2D eigenvalue weighted by Crippen LogP contribution is 2.37. The topological polar surface area (TPSA) is 53.2 Å². The summed E-state index contributed by atoms with van der Waals surface area (Å²) < 4.78 is 0. The largest absolute Gasteiger partial charge is 0.338 e. The average Bonchev–Trinajstić information content (AvgIpc) is 2.83. The molecule has 0 atom stereocenters. The van der Waals surface area contributed by atoms with Crippen LogP contribution in [0.5, 0.6) is 0 Å². The second-order valence-electron chi connectivity index (χ2n) is 5.13. The average molecular weight is 248 g/mol. The van der Waals surface area contributed by atoms with E-state index in [4.69, 9.17) is 0 Å². The second kappa shape index (κ2) is 4.96. The van der Waals surface area contributed by atoms with Crippen LogP contribution in [0.25, 0.3) is 0 Å². The molecule has 0 radical (unpaired) electrons. The van der Waals surface area contributed by atoms with E-state index in [0.29, 0.717) is 5.56 Å². The number of carbonyl (C=O) groups is 1. The van der Waals surface area contributed by atoms with Crippen molar-refractivity contribution in [2.45, 2.75) is 33.1 Å². The van der Waals surface area contributed by atoms with Gasteiger partial charge in [-0.1, -0.05) is 13.8 Å². The zero-order chi connectivity index (χ0) is 13.2. The number of carbonyl (C=O) groups excluding carboxylic acids is 1. The van der Waals surface area contributed by atoms with E-state index in [-0.39, 0.29) is 16.9 Å². The summed E-state index contributed by atoms with van der Waals surface area (Å²) in [7, 11) is 0. The number of nitrogens with one attached hydrogen (secondary N) is 1. The number of H-pyrrole nitrogens is 1. The Kier molecular flexibility index (Phi) is 3.55. The van der Waals surface area contributed by atoms with Gasteiger partial charge in [0.1, 0.15) is 0 Å². The summed E-state index contributed by atoms with van der Waals surface area (Å²) in [5, 5.41) is 0. The monoisotopic (exact) mass is 248 g/mol. The van der Waals surface area contributed by atoms with Gasteiger partial charge in [-0.05, 0) is 30.7 Å². The first-order valence-electron chi connectivity index (χ1n) is 6.58. The molecule has 1 fully saturated rings. The zero-order valence-electron chi connectivity index (χ0n) is 11.0. The van der Waals surface area contributed by atoms with Crippen LogP contribution in [0.1, 0.15) is 43.5 Å². The molecule has 18 heavy (non-hydrogen) atoms. The first-order chi connectivity index (χ1) is 8.60. The smallest absolute Gasteiger partial charge is 0.254 e. The van der Waals surface area contributed by atoms with Gasteiger partial charge in [-0.25, -0.2) is 0 Å². The van der Waals surface area contributed by atoms with Crippen LogP contribution in [0, 0.1) is 5.41 Å².